The van der Waals surface area contributed by atoms with Gasteiger partial charge < -0.3 is 20.7 Å². The number of oxime groups is 1. The third kappa shape index (κ3) is 3.01. The fourth-order valence-corrected chi connectivity index (χ4v) is 2.65. The minimum Gasteiger partial charge on any atom is -0.409 e. The number of likely N-dealkylation sites (tertiary alicyclic amines) is 1. The van der Waals surface area contributed by atoms with E-state index in [2.05, 4.69) is 22.0 Å². The van der Waals surface area contributed by atoms with E-state index < -0.39 is 5.82 Å². The lowest BCUT2D eigenvalue weighted by Crippen LogP contribution is -2.42. The van der Waals surface area contributed by atoms with Crippen LogP contribution in [0.15, 0.2) is 23.4 Å². The second-order valence-electron chi connectivity index (χ2n) is 5.29. The highest BCUT2D eigenvalue weighted by atomic mass is 19.1. The van der Waals surface area contributed by atoms with Gasteiger partial charge in [-0.15, -0.1) is 0 Å². The first-order valence-electron chi connectivity index (χ1n) is 6.71. The van der Waals surface area contributed by atoms with Crippen molar-refractivity contribution in [1.29, 1.82) is 0 Å². The molecule has 0 aliphatic carbocycles. The first kappa shape index (κ1) is 14.6. The Bertz CT molecular complexity index is 498. The zero-order valence-electron chi connectivity index (χ0n) is 11.9. The molecule has 0 unspecified atom stereocenters. The summed E-state index contributed by atoms with van der Waals surface area (Å²) < 4.78 is 13.4. The molecule has 2 rings (SSSR count). The Hall–Kier alpha value is -1.82. The van der Waals surface area contributed by atoms with Crippen LogP contribution in [0, 0.1) is 5.82 Å². The second kappa shape index (κ2) is 6.09. The van der Waals surface area contributed by atoms with Crippen molar-refractivity contribution in [2.45, 2.75) is 18.9 Å². The number of amidine groups is 1. The van der Waals surface area contributed by atoms with E-state index in [9.17, 15) is 4.39 Å². The van der Waals surface area contributed by atoms with Crippen molar-refractivity contribution in [2.24, 2.45) is 10.9 Å². The van der Waals surface area contributed by atoms with Crippen LogP contribution in [-0.4, -0.2) is 49.2 Å². The zero-order chi connectivity index (χ0) is 14.7. The Morgan fingerprint density at radius 3 is 2.70 bits per heavy atom. The van der Waals surface area contributed by atoms with Crippen LogP contribution in [0.3, 0.4) is 0 Å². The van der Waals surface area contributed by atoms with E-state index in [0.717, 1.165) is 31.6 Å². The maximum atomic E-state index is 13.4. The van der Waals surface area contributed by atoms with Crippen LogP contribution in [0.2, 0.25) is 0 Å². The molecule has 1 aromatic rings. The third-order valence-corrected chi connectivity index (χ3v) is 3.96. The van der Waals surface area contributed by atoms with Crippen LogP contribution < -0.4 is 10.6 Å². The predicted molar refractivity (Wildman–Crippen MR) is 77.8 cm³/mol. The Kier molecular flexibility index (Phi) is 4.44. The monoisotopic (exact) mass is 280 g/mol. The van der Waals surface area contributed by atoms with Gasteiger partial charge in [-0.05, 0) is 51.2 Å². The molecule has 0 radical (unpaired) electrons. The number of benzene rings is 1. The fourth-order valence-electron chi connectivity index (χ4n) is 2.65. The number of nitrogens with zero attached hydrogens (tertiary/aromatic N) is 3. The molecule has 0 saturated carbocycles. The van der Waals surface area contributed by atoms with Crippen LogP contribution in [0.4, 0.5) is 10.1 Å². The highest BCUT2D eigenvalue weighted by molar-refractivity contribution is 6.02. The van der Waals surface area contributed by atoms with Gasteiger partial charge in [0.05, 0.1) is 0 Å². The molecule has 5 nitrogen and oxygen atoms in total. The number of hydrogen-bond acceptors (Lipinski definition) is 4. The summed E-state index contributed by atoms with van der Waals surface area (Å²) in [5.74, 6) is -0.466. The average molecular weight is 280 g/mol. The standard InChI is InChI=1S/C14H21FN4O/c1-18-7-5-11(6-8-18)19(2)13-4-3-10(15)9-12(13)14(16)17-20/h3-4,9,11,20H,5-8H2,1-2H3,(H2,16,17). The number of piperidine rings is 1. The lowest BCUT2D eigenvalue weighted by atomic mass is 10.0. The first-order valence-corrected chi connectivity index (χ1v) is 6.71. The predicted octanol–water partition coefficient (Wildman–Crippen LogP) is 1.45. The summed E-state index contributed by atoms with van der Waals surface area (Å²) in [6.45, 7) is 2.07. The Balaban J connectivity index is 2.27. The molecule has 0 amide bonds. The molecule has 6 heteroatoms. The van der Waals surface area contributed by atoms with Crippen molar-refractivity contribution in [1.82, 2.24) is 4.90 Å². The molecule has 1 saturated heterocycles. The number of hydrogen-bond donors (Lipinski definition) is 2. The molecule has 3 N–H and O–H groups in total. The van der Waals surface area contributed by atoms with Gasteiger partial charge in [0, 0.05) is 24.3 Å². The van der Waals surface area contributed by atoms with Crippen molar-refractivity contribution >= 4 is 11.5 Å². The van der Waals surface area contributed by atoms with E-state index in [-0.39, 0.29) is 5.84 Å². The van der Waals surface area contributed by atoms with Gasteiger partial charge >= 0.3 is 0 Å². The van der Waals surface area contributed by atoms with E-state index in [4.69, 9.17) is 10.9 Å². The molecule has 20 heavy (non-hydrogen) atoms. The molecule has 1 aliphatic rings. The molecule has 1 fully saturated rings. The highest BCUT2D eigenvalue weighted by Crippen LogP contribution is 2.26. The van der Waals surface area contributed by atoms with Crippen molar-refractivity contribution in [3.05, 3.63) is 29.6 Å². The second-order valence-corrected chi connectivity index (χ2v) is 5.29. The highest BCUT2D eigenvalue weighted by Gasteiger charge is 2.23. The Morgan fingerprint density at radius 2 is 2.10 bits per heavy atom. The Labute approximate surface area is 118 Å². The number of halogens is 1. The van der Waals surface area contributed by atoms with Crippen molar-refractivity contribution in [3.63, 3.8) is 0 Å². The van der Waals surface area contributed by atoms with Crippen molar-refractivity contribution in [2.75, 3.05) is 32.1 Å². The maximum Gasteiger partial charge on any atom is 0.172 e. The number of nitrogens with two attached hydrogens (primary N) is 1. The molecule has 110 valence electrons. The minimum atomic E-state index is -0.396. The molecule has 0 aromatic heterocycles. The fraction of sp³-hybridized carbons (Fsp3) is 0.500. The van der Waals surface area contributed by atoms with Gasteiger partial charge in [-0.2, -0.15) is 0 Å². The van der Waals surface area contributed by atoms with E-state index in [0.29, 0.717) is 11.6 Å². The van der Waals surface area contributed by atoms with E-state index in [1.807, 2.05) is 7.05 Å². The molecule has 1 heterocycles. The largest absolute Gasteiger partial charge is 0.409 e. The smallest absolute Gasteiger partial charge is 0.172 e. The average Bonchev–Trinajstić information content (AvgIpc) is 2.46. The van der Waals surface area contributed by atoms with Crippen molar-refractivity contribution in [3.8, 4) is 0 Å². The van der Waals surface area contributed by atoms with Gasteiger partial charge in [-0.1, -0.05) is 5.16 Å². The SMILES string of the molecule is CN1CCC(N(C)c2ccc(F)cc2C(N)=NO)CC1. The Morgan fingerprint density at radius 1 is 1.45 bits per heavy atom. The number of rotatable bonds is 3. The number of anilines is 1. The van der Waals surface area contributed by atoms with Gasteiger partial charge in [0.1, 0.15) is 5.82 Å². The summed E-state index contributed by atoms with van der Waals surface area (Å²) in [6, 6.07) is 4.76. The molecular weight excluding hydrogens is 259 g/mol. The maximum absolute atomic E-state index is 13.4. The van der Waals surface area contributed by atoms with Crippen molar-refractivity contribution < 1.29 is 9.60 Å². The van der Waals surface area contributed by atoms with Crippen LogP contribution >= 0.6 is 0 Å². The van der Waals surface area contributed by atoms with E-state index in [1.165, 1.54) is 12.1 Å². The summed E-state index contributed by atoms with van der Waals surface area (Å²) in [6.07, 6.45) is 2.08. The van der Waals surface area contributed by atoms with Gasteiger partial charge in [0.15, 0.2) is 5.84 Å². The molecular formula is C14H21FN4O. The summed E-state index contributed by atoms with van der Waals surface area (Å²) >= 11 is 0. The first-order chi connectivity index (χ1) is 9.52. The quantitative estimate of drug-likeness (QED) is 0.381. The third-order valence-electron chi connectivity index (χ3n) is 3.96. The molecule has 0 bridgehead atoms. The van der Waals surface area contributed by atoms with E-state index in [1.54, 1.807) is 6.07 Å². The lowest BCUT2D eigenvalue weighted by Gasteiger charge is -2.37. The van der Waals surface area contributed by atoms with Gasteiger partial charge in [0.2, 0.25) is 0 Å². The van der Waals surface area contributed by atoms with Crippen LogP contribution in [0.1, 0.15) is 18.4 Å². The molecule has 1 aliphatic heterocycles. The summed E-state index contributed by atoms with van der Waals surface area (Å²) in [5, 5.41) is 11.8. The van der Waals surface area contributed by atoms with Crippen LogP contribution in [0.25, 0.3) is 0 Å². The lowest BCUT2D eigenvalue weighted by molar-refractivity contribution is 0.253. The summed E-state index contributed by atoms with van der Waals surface area (Å²) in [7, 11) is 4.08. The molecule has 1 aromatic carbocycles. The zero-order valence-corrected chi connectivity index (χ0v) is 11.9. The molecule has 0 atom stereocenters. The summed E-state index contributed by atoms with van der Waals surface area (Å²) in [4.78, 5) is 4.39. The molecule has 0 spiro atoms. The normalized spacial score (nSPS) is 18.2. The van der Waals surface area contributed by atoms with Crippen LogP contribution in [-0.2, 0) is 0 Å². The van der Waals surface area contributed by atoms with Gasteiger partial charge in [-0.3, -0.25) is 0 Å². The van der Waals surface area contributed by atoms with E-state index >= 15 is 0 Å². The van der Waals surface area contributed by atoms with Gasteiger partial charge in [0.25, 0.3) is 0 Å². The van der Waals surface area contributed by atoms with Gasteiger partial charge in [-0.25, -0.2) is 4.39 Å². The van der Waals surface area contributed by atoms with Crippen LogP contribution in [0.5, 0.6) is 0 Å². The topological polar surface area (TPSA) is 65.1 Å². The minimum absolute atomic E-state index is 0.0701. The summed E-state index contributed by atoms with van der Waals surface area (Å²) in [5.41, 5.74) is 6.86.